The van der Waals surface area contributed by atoms with Crippen LogP contribution in [0.25, 0.3) is 34.0 Å². The Morgan fingerprint density at radius 3 is 2.68 bits per heavy atom. The van der Waals surface area contributed by atoms with Crippen LogP contribution >= 0.6 is 0 Å². The maximum atomic E-state index is 5.41. The van der Waals surface area contributed by atoms with Gasteiger partial charge in [0.1, 0.15) is 11.4 Å². The molecule has 0 amide bonds. The van der Waals surface area contributed by atoms with E-state index in [2.05, 4.69) is 20.2 Å². The number of rotatable bonds is 3. The fourth-order valence-electron chi connectivity index (χ4n) is 2.37. The lowest BCUT2D eigenvalue weighted by Crippen LogP contribution is -1.87. The lowest BCUT2D eigenvalue weighted by molar-refractivity contribution is 0.580. The third kappa shape index (κ3) is 2.18. The Bertz CT molecular complexity index is 882. The van der Waals surface area contributed by atoms with Crippen LogP contribution in [0.15, 0.2) is 71.7 Å². The fraction of sp³-hybridized carbons (Fsp3) is 0. The van der Waals surface area contributed by atoms with Gasteiger partial charge in [-0.25, -0.2) is 0 Å². The normalized spacial score (nSPS) is 10.7. The fourth-order valence-corrected chi connectivity index (χ4v) is 2.37. The monoisotopic (exact) mass is 288 g/mol. The molecule has 22 heavy (non-hydrogen) atoms. The van der Waals surface area contributed by atoms with E-state index in [1.807, 2.05) is 48.7 Å². The third-order valence-electron chi connectivity index (χ3n) is 3.39. The molecule has 0 saturated heterocycles. The van der Waals surface area contributed by atoms with E-state index in [1.54, 1.807) is 18.7 Å². The topological polar surface area (TPSA) is 67.6 Å². The second-order valence-electron chi connectivity index (χ2n) is 4.77. The summed E-state index contributed by atoms with van der Waals surface area (Å²) in [5, 5.41) is 7.24. The van der Waals surface area contributed by atoms with Gasteiger partial charge in [0.25, 0.3) is 0 Å². The average Bonchev–Trinajstić information content (AvgIpc) is 3.27. The summed E-state index contributed by atoms with van der Waals surface area (Å²) in [5.41, 5.74) is 4.42. The lowest BCUT2D eigenvalue weighted by Gasteiger charge is -2.03. The minimum Gasteiger partial charge on any atom is -0.463 e. The van der Waals surface area contributed by atoms with Crippen molar-refractivity contribution >= 4 is 0 Å². The molecule has 0 saturated carbocycles. The first-order valence-corrected chi connectivity index (χ1v) is 6.87. The van der Waals surface area contributed by atoms with Crippen molar-refractivity contribution in [2.75, 3.05) is 0 Å². The molecule has 0 aliphatic carbocycles. The molecule has 0 aromatic carbocycles. The number of hydrogen-bond donors (Lipinski definition) is 1. The SMILES string of the molecule is c1ccc(-c2n[nH]cc2-c2ccnc(-c3ccco3)c2)nc1. The zero-order valence-electron chi connectivity index (χ0n) is 11.6. The van der Waals surface area contributed by atoms with E-state index in [4.69, 9.17) is 4.42 Å². The van der Waals surface area contributed by atoms with Crippen LogP contribution in [0, 0.1) is 0 Å². The quantitative estimate of drug-likeness (QED) is 0.622. The van der Waals surface area contributed by atoms with Crippen molar-refractivity contribution < 1.29 is 4.42 Å². The van der Waals surface area contributed by atoms with Gasteiger partial charge in [0.15, 0.2) is 5.76 Å². The summed E-state index contributed by atoms with van der Waals surface area (Å²) in [7, 11) is 0. The van der Waals surface area contributed by atoms with Crippen LogP contribution in [-0.4, -0.2) is 20.2 Å². The van der Waals surface area contributed by atoms with Gasteiger partial charge in [-0.2, -0.15) is 5.10 Å². The van der Waals surface area contributed by atoms with Gasteiger partial charge in [0, 0.05) is 24.2 Å². The summed E-state index contributed by atoms with van der Waals surface area (Å²) in [4.78, 5) is 8.72. The standard InChI is InChI=1S/C17H12N4O/c1-2-7-18-14(4-1)17-13(11-20-21-17)12-6-8-19-15(10-12)16-5-3-9-22-16/h1-11H,(H,20,21). The third-order valence-corrected chi connectivity index (χ3v) is 3.39. The first-order chi connectivity index (χ1) is 10.9. The number of nitrogens with zero attached hydrogens (tertiary/aromatic N) is 3. The van der Waals surface area contributed by atoms with E-state index in [1.165, 1.54) is 0 Å². The summed E-state index contributed by atoms with van der Waals surface area (Å²) in [6.07, 6.45) is 7.03. The van der Waals surface area contributed by atoms with E-state index in [-0.39, 0.29) is 0 Å². The molecule has 106 valence electrons. The van der Waals surface area contributed by atoms with E-state index >= 15 is 0 Å². The molecular weight excluding hydrogens is 276 g/mol. The van der Waals surface area contributed by atoms with E-state index in [9.17, 15) is 0 Å². The van der Waals surface area contributed by atoms with Gasteiger partial charge in [-0.1, -0.05) is 6.07 Å². The van der Waals surface area contributed by atoms with Crippen molar-refractivity contribution in [1.29, 1.82) is 0 Å². The molecule has 0 spiro atoms. The summed E-state index contributed by atoms with van der Waals surface area (Å²) >= 11 is 0. The van der Waals surface area contributed by atoms with Crippen molar-refractivity contribution in [3.05, 3.63) is 67.3 Å². The number of H-pyrrole nitrogens is 1. The van der Waals surface area contributed by atoms with E-state index in [0.29, 0.717) is 0 Å². The molecule has 5 nitrogen and oxygen atoms in total. The molecule has 0 radical (unpaired) electrons. The summed E-state index contributed by atoms with van der Waals surface area (Å²) in [6, 6.07) is 13.4. The Balaban J connectivity index is 1.81. The summed E-state index contributed by atoms with van der Waals surface area (Å²) in [5.74, 6) is 0.740. The van der Waals surface area contributed by atoms with Gasteiger partial charge in [-0.15, -0.1) is 0 Å². The van der Waals surface area contributed by atoms with E-state index in [0.717, 1.165) is 34.0 Å². The van der Waals surface area contributed by atoms with Gasteiger partial charge < -0.3 is 4.42 Å². The second kappa shape index (κ2) is 5.29. The highest BCUT2D eigenvalue weighted by Crippen LogP contribution is 2.30. The number of pyridine rings is 2. The Morgan fingerprint density at radius 2 is 1.86 bits per heavy atom. The minimum absolute atomic E-state index is 0.740. The smallest absolute Gasteiger partial charge is 0.152 e. The number of aromatic nitrogens is 4. The van der Waals surface area contributed by atoms with Crippen LogP contribution in [0.4, 0.5) is 0 Å². The number of hydrogen-bond acceptors (Lipinski definition) is 4. The van der Waals surface area contributed by atoms with Crippen LogP contribution in [0.1, 0.15) is 0 Å². The van der Waals surface area contributed by atoms with Crippen molar-refractivity contribution in [1.82, 2.24) is 20.2 Å². The van der Waals surface area contributed by atoms with Crippen LogP contribution in [0.5, 0.6) is 0 Å². The maximum absolute atomic E-state index is 5.41. The zero-order valence-corrected chi connectivity index (χ0v) is 11.6. The van der Waals surface area contributed by atoms with Crippen LogP contribution < -0.4 is 0 Å². The van der Waals surface area contributed by atoms with E-state index < -0.39 is 0 Å². The predicted molar refractivity (Wildman–Crippen MR) is 82.8 cm³/mol. The van der Waals surface area contributed by atoms with Crippen molar-refractivity contribution in [2.24, 2.45) is 0 Å². The van der Waals surface area contributed by atoms with Gasteiger partial charge >= 0.3 is 0 Å². The molecule has 4 aromatic rings. The molecule has 4 rings (SSSR count). The Kier molecular flexibility index (Phi) is 3.01. The van der Waals surface area contributed by atoms with Crippen LogP contribution in [0.2, 0.25) is 0 Å². The van der Waals surface area contributed by atoms with Gasteiger partial charge in [-0.3, -0.25) is 15.1 Å². The molecule has 0 atom stereocenters. The van der Waals surface area contributed by atoms with Crippen molar-refractivity contribution in [3.8, 4) is 34.0 Å². The molecule has 0 unspecified atom stereocenters. The lowest BCUT2D eigenvalue weighted by atomic mass is 10.0. The number of furan rings is 1. The second-order valence-corrected chi connectivity index (χ2v) is 4.77. The Labute approximate surface area is 126 Å². The Hall–Kier alpha value is -3.21. The molecule has 4 aromatic heterocycles. The summed E-state index contributed by atoms with van der Waals surface area (Å²) in [6.45, 7) is 0. The summed E-state index contributed by atoms with van der Waals surface area (Å²) < 4.78 is 5.41. The minimum atomic E-state index is 0.740. The maximum Gasteiger partial charge on any atom is 0.152 e. The predicted octanol–water partition coefficient (Wildman–Crippen LogP) is 3.79. The Morgan fingerprint density at radius 1 is 0.909 bits per heavy atom. The first-order valence-electron chi connectivity index (χ1n) is 6.87. The molecule has 0 aliphatic rings. The van der Waals surface area contributed by atoms with Crippen molar-refractivity contribution in [2.45, 2.75) is 0 Å². The van der Waals surface area contributed by atoms with Crippen LogP contribution in [-0.2, 0) is 0 Å². The molecule has 5 heteroatoms. The highest BCUT2D eigenvalue weighted by molar-refractivity contribution is 5.80. The molecule has 4 heterocycles. The number of nitrogens with one attached hydrogen (secondary N) is 1. The van der Waals surface area contributed by atoms with Gasteiger partial charge in [0.2, 0.25) is 0 Å². The molecule has 1 N–H and O–H groups in total. The average molecular weight is 288 g/mol. The number of aromatic amines is 1. The molecule has 0 bridgehead atoms. The molecule has 0 fully saturated rings. The largest absolute Gasteiger partial charge is 0.463 e. The van der Waals surface area contributed by atoms with Gasteiger partial charge in [0.05, 0.1) is 12.0 Å². The first kappa shape index (κ1) is 12.5. The molecule has 0 aliphatic heterocycles. The highest BCUT2D eigenvalue weighted by atomic mass is 16.3. The molecular formula is C17H12N4O. The van der Waals surface area contributed by atoms with Crippen molar-refractivity contribution in [3.63, 3.8) is 0 Å². The van der Waals surface area contributed by atoms with Crippen LogP contribution in [0.3, 0.4) is 0 Å². The van der Waals surface area contributed by atoms with Gasteiger partial charge in [-0.05, 0) is 42.0 Å². The zero-order chi connectivity index (χ0) is 14.8. The highest BCUT2D eigenvalue weighted by Gasteiger charge is 2.13.